The van der Waals surface area contributed by atoms with Gasteiger partial charge in [0.1, 0.15) is 11.6 Å². The van der Waals surface area contributed by atoms with Gasteiger partial charge in [-0.3, -0.25) is 14.5 Å². The Morgan fingerprint density at radius 2 is 1.85 bits per heavy atom. The van der Waals surface area contributed by atoms with Crippen LogP contribution in [0.2, 0.25) is 0 Å². The van der Waals surface area contributed by atoms with Gasteiger partial charge in [-0.05, 0) is 51.8 Å². The standard InChI is InChI=1S/C19H27N3O4/c1-5-16(23)20-13-8-6-9-14(12-13)21-17(24)15-10-7-11-22(15)18(25)26-19(2,3)4/h6,8-9,12,15H,5,7,10-11H2,1-4H3,(H,20,23)(H,21,24)/t15-/m0/s1. The van der Waals surface area contributed by atoms with Crippen LogP contribution in [0, 0.1) is 0 Å². The van der Waals surface area contributed by atoms with Gasteiger partial charge >= 0.3 is 6.09 Å². The number of carbonyl (C=O) groups is 3. The minimum absolute atomic E-state index is 0.0969. The molecule has 0 spiro atoms. The second-order valence-corrected chi connectivity index (χ2v) is 7.30. The summed E-state index contributed by atoms with van der Waals surface area (Å²) in [6.45, 7) is 7.66. The first kappa shape index (κ1) is 19.8. The number of nitrogens with zero attached hydrogens (tertiary/aromatic N) is 1. The monoisotopic (exact) mass is 361 g/mol. The summed E-state index contributed by atoms with van der Waals surface area (Å²) in [7, 11) is 0. The van der Waals surface area contributed by atoms with Crippen molar-refractivity contribution in [2.45, 2.75) is 58.6 Å². The Morgan fingerprint density at radius 1 is 1.19 bits per heavy atom. The number of anilines is 2. The van der Waals surface area contributed by atoms with Crippen LogP contribution in [0.15, 0.2) is 24.3 Å². The Labute approximate surface area is 154 Å². The summed E-state index contributed by atoms with van der Waals surface area (Å²) in [5.74, 6) is -0.354. The van der Waals surface area contributed by atoms with E-state index < -0.39 is 17.7 Å². The van der Waals surface area contributed by atoms with Crippen molar-refractivity contribution in [3.63, 3.8) is 0 Å². The number of benzene rings is 1. The van der Waals surface area contributed by atoms with Gasteiger partial charge in [0.2, 0.25) is 11.8 Å². The number of nitrogens with one attached hydrogen (secondary N) is 2. The Morgan fingerprint density at radius 3 is 2.46 bits per heavy atom. The first-order valence-electron chi connectivity index (χ1n) is 8.90. The maximum Gasteiger partial charge on any atom is 0.410 e. The van der Waals surface area contributed by atoms with Crippen LogP contribution in [0.25, 0.3) is 0 Å². The van der Waals surface area contributed by atoms with Crippen LogP contribution in [0.4, 0.5) is 16.2 Å². The van der Waals surface area contributed by atoms with Crippen LogP contribution >= 0.6 is 0 Å². The maximum atomic E-state index is 12.6. The summed E-state index contributed by atoms with van der Waals surface area (Å²) >= 11 is 0. The summed E-state index contributed by atoms with van der Waals surface area (Å²) in [5, 5.41) is 5.58. The average Bonchev–Trinajstić information content (AvgIpc) is 3.03. The third-order valence-electron chi connectivity index (χ3n) is 3.92. The fourth-order valence-electron chi connectivity index (χ4n) is 2.73. The van der Waals surface area contributed by atoms with E-state index in [4.69, 9.17) is 4.74 Å². The molecule has 1 aromatic carbocycles. The fraction of sp³-hybridized carbons (Fsp3) is 0.526. The van der Waals surface area contributed by atoms with E-state index in [1.165, 1.54) is 4.90 Å². The first-order valence-corrected chi connectivity index (χ1v) is 8.90. The zero-order chi connectivity index (χ0) is 19.3. The Kier molecular flexibility index (Phi) is 6.23. The van der Waals surface area contributed by atoms with Crippen molar-refractivity contribution in [1.29, 1.82) is 0 Å². The molecule has 0 aromatic heterocycles. The zero-order valence-corrected chi connectivity index (χ0v) is 15.8. The molecule has 0 saturated carbocycles. The van der Waals surface area contributed by atoms with E-state index in [1.807, 2.05) is 0 Å². The summed E-state index contributed by atoms with van der Waals surface area (Å²) in [6, 6.07) is 6.39. The van der Waals surface area contributed by atoms with Crippen molar-refractivity contribution < 1.29 is 19.1 Å². The van der Waals surface area contributed by atoms with Gasteiger partial charge < -0.3 is 15.4 Å². The van der Waals surface area contributed by atoms with Crippen LogP contribution in [0.5, 0.6) is 0 Å². The fourth-order valence-corrected chi connectivity index (χ4v) is 2.73. The summed E-state index contributed by atoms with van der Waals surface area (Å²) in [4.78, 5) is 37.9. The maximum absolute atomic E-state index is 12.6. The Balaban J connectivity index is 2.03. The van der Waals surface area contributed by atoms with E-state index in [0.29, 0.717) is 30.8 Å². The van der Waals surface area contributed by atoms with Crippen molar-refractivity contribution in [3.8, 4) is 0 Å². The van der Waals surface area contributed by atoms with E-state index in [1.54, 1.807) is 52.0 Å². The molecule has 1 aromatic rings. The summed E-state index contributed by atoms with van der Waals surface area (Å²) in [6.07, 6.45) is 1.25. The molecule has 142 valence electrons. The topological polar surface area (TPSA) is 87.7 Å². The van der Waals surface area contributed by atoms with Gasteiger partial charge in [0, 0.05) is 24.3 Å². The van der Waals surface area contributed by atoms with Crippen molar-refractivity contribution in [1.82, 2.24) is 4.90 Å². The van der Waals surface area contributed by atoms with Crippen LogP contribution in [-0.2, 0) is 14.3 Å². The van der Waals surface area contributed by atoms with Gasteiger partial charge in [0.25, 0.3) is 0 Å². The molecule has 1 fully saturated rings. The highest BCUT2D eigenvalue weighted by Crippen LogP contribution is 2.23. The van der Waals surface area contributed by atoms with Gasteiger partial charge in [0.15, 0.2) is 0 Å². The molecule has 2 N–H and O–H groups in total. The smallest absolute Gasteiger partial charge is 0.410 e. The second kappa shape index (κ2) is 8.21. The summed E-state index contributed by atoms with van der Waals surface area (Å²) < 4.78 is 5.39. The molecule has 1 aliphatic rings. The number of hydrogen-bond acceptors (Lipinski definition) is 4. The molecule has 0 radical (unpaired) electrons. The molecule has 0 aliphatic carbocycles. The third-order valence-corrected chi connectivity index (χ3v) is 3.92. The van der Waals surface area contributed by atoms with Crippen LogP contribution in [0.1, 0.15) is 47.0 Å². The van der Waals surface area contributed by atoms with Crippen molar-refractivity contribution in [3.05, 3.63) is 24.3 Å². The predicted octanol–water partition coefficient (Wildman–Crippen LogP) is 3.37. The lowest BCUT2D eigenvalue weighted by Gasteiger charge is -2.28. The third kappa shape index (κ3) is 5.47. The largest absolute Gasteiger partial charge is 0.444 e. The lowest BCUT2D eigenvalue weighted by atomic mass is 10.2. The van der Waals surface area contributed by atoms with Gasteiger partial charge in [-0.25, -0.2) is 4.79 Å². The van der Waals surface area contributed by atoms with Crippen molar-refractivity contribution in [2.75, 3.05) is 17.2 Å². The highest BCUT2D eigenvalue weighted by molar-refractivity contribution is 5.98. The number of ether oxygens (including phenoxy) is 1. The number of likely N-dealkylation sites (tertiary alicyclic amines) is 1. The quantitative estimate of drug-likeness (QED) is 0.861. The molecule has 3 amide bonds. The molecule has 7 nitrogen and oxygen atoms in total. The van der Waals surface area contributed by atoms with Crippen molar-refractivity contribution >= 4 is 29.3 Å². The molecule has 1 atom stereocenters. The molecular formula is C19H27N3O4. The minimum atomic E-state index is -0.605. The number of rotatable bonds is 4. The molecular weight excluding hydrogens is 334 g/mol. The minimum Gasteiger partial charge on any atom is -0.444 e. The normalized spacial score (nSPS) is 16.9. The highest BCUT2D eigenvalue weighted by atomic mass is 16.6. The molecule has 0 bridgehead atoms. The van der Waals surface area contributed by atoms with Crippen molar-refractivity contribution in [2.24, 2.45) is 0 Å². The Hall–Kier alpha value is -2.57. The van der Waals surface area contributed by atoms with Crippen LogP contribution in [0.3, 0.4) is 0 Å². The van der Waals surface area contributed by atoms with E-state index in [-0.39, 0.29) is 11.8 Å². The molecule has 1 saturated heterocycles. The first-order chi connectivity index (χ1) is 12.2. The predicted molar refractivity (Wildman–Crippen MR) is 100.0 cm³/mol. The molecule has 0 unspecified atom stereocenters. The molecule has 2 rings (SSSR count). The molecule has 1 heterocycles. The lowest BCUT2D eigenvalue weighted by molar-refractivity contribution is -0.120. The zero-order valence-electron chi connectivity index (χ0n) is 15.8. The van der Waals surface area contributed by atoms with E-state index in [2.05, 4.69) is 10.6 Å². The van der Waals surface area contributed by atoms with Crippen LogP contribution < -0.4 is 10.6 Å². The Bertz CT molecular complexity index is 682. The second-order valence-electron chi connectivity index (χ2n) is 7.30. The van der Waals surface area contributed by atoms with Gasteiger partial charge in [0.05, 0.1) is 0 Å². The van der Waals surface area contributed by atoms with Crippen LogP contribution in [-0.4, -0.2) is 41.0 Å². The van der Waals surface area contributed by atoms with Gasteiger partial charge in [-0.1, -0.05) is 13.0 Å². The average molecular weight is 361 g/mol. The van der Waals surface area contributed by atoms with Gasteiger partial charge in [-0.2, -0.15) is 0 Å². The number of amides is 3. The number of hydrogen-bond donors (Lipinski definition) is 2. The lowest BCUT2D eigenvalue weighted by Crippen LogP contribution is -2.45. The molecule has 26 heavy (non-hydrogen) atoms. The molecule has 1 aliphatic heterocycles. The van der Waals surface area contributed by atoms with Gasteiger partial charge in [-0.15, -0.1) is 0 Å². The van der Waals surface area contributed by atoms with E-state index in [0.717, 1.165) is 6.42 Å². The SMILES string of the molecule is CCC(=O)Nc1cccc(NC(=O)[C@@H]2CCCN2C(=O)OC(C)(C)C)c1. The van der Waals surface area contributed by atoms with E-state index >= 15 is 0 Å². The molecule has 7 heteroatoms. The highest BCUT2D eigenvalue weighted by Gasteiger charge is 2.36. The summed E-state index contributed by atoms with van der Waals surface area (Å²) in [5.41, 5.74) is 0.581. The number of carbonyl (C=O) groups excluding carboxylic acids is 3. The van der Waals surface area contributed by atoms with E-state index in [9.17, 15) is 14.4 Å².